The molecule has 1 rings (SSSR count). The Morgan fingerprint density at radius 3 is 2.50 bits per heavy atom. The van der Waals surface area contributed by atoms with Gasteiger partial charge in [0, 0.05) is 19.9 Å². The molecule has 4 nitrogen and oxygen atoms in total. The highest BCUT2D eigenvalue weighted by Crippen LogP contribution is 2.03. The molecule has 5 heteroatoms. The van der Waals surface area contributed by atoms with Gasteiger partial charge in [-0.15, -0.1) is 0 Å². The van der Waals surface area contributed by atoms with Crippen LogP contribution >= 0.6 is 0 Å². The van der Waals surface area contributed by atoms with Crippen LogP contribution in [0.5, 0.6) is 0 Å². The molecule has 98 valence electrons. The fraction of sp³-hybridized carbons (Fsp3) is 0.385. The van der Waals surface area contributed by atoms with Crippen molar-refractivity contribution < 1.29 is 14.0 Å². The van der Waals surface area contributed by atoms with E-state index in [4.69, 9.17) is 0 Å². The van der Waals surface area contributed by atoms with Crippen molar-refractivity contribution in [1.29, 1.82) is 0 Å². The predicted octanol–water partition coefficient (Wildman–Crippen LogP) is 0.819. The van der Waals surface area contributed by atoms with Gasteiger partial charge in [-0.1, -0.05) is 30.3 Å². The second-order valence-electron chi connectivity index (χ2n) is 3.92. The number of carbonyl (C=O) groups excluding carboxylic acids is 2. The zero-order valence-corrected chi connectivity index (χ0v) is 10.3. The van der Waals surface area contributed by atoms with Crippen LogP contribution in [0.3, 0.4) is 0 Å². The second kappa shape index (κ2) is 7.42. The van der Waals surface area contributed by atoms with Gasteiger partial charge in [-0.05, 0) is 5.56 Å². The maximum Gasteiger partial charge on any atom is 0.243 e. The molecule has 0 bridgehead atoms. The maximum absolute atomic E-state index is 12.0. The molecule has 0 aliphatic heterocycles. The van der Waals surface area contributed by atoms with E-state index in [0.717, 1.165) is 5.56 Å². The van der Waals surface area contributed by atoms with Crippen molar-refractivity contribution in [3.05, 3.63) is 35.9 Å². The number of halogens is 1. The van der Waals surface area contributed by atoms with Crippen LogP contribution in [0.1, 0.15) is 12.5 Å². The Morgan fingerprint density at radius 1 is 1.28 bits per heavy atom. The number of benzene rings is 1. The monoisotopic (exact) mass is 251 g/mol. The van der Waals surface area contributed by atoms with Crippen LogP contribution in [0, 0.1) is 0 Å². The Kier molecular flexibility index (Phi) is 5.84. The van der Waals surface area contributed by atoms with E-state index in [1.165, 1.54) is 6.92 Å². The molecule has 0 saturated heterocycles. The number of amides is 2. The second-order valence-corrected chi connectivity index (χ2v) is 3.92. The number of hydrogen-bond donors (Lipinski definition) is 2. The summed E-state index contributed by atoms with van der Waals surface area (Å²) >= 11 is 0. The van der Waals surface area contributed by atoms with E-state index in [2.05, 4.69) is 10.6 Å². The molecule has 0 aliphatic rings. The van der Waals surface area contributed by atoms with E-state index in [-0.39, 0.29) is 18.4 Å². The summed E-state index contributed by atoms with van der Waals surface area (Å²) < 4.78 is 12.0. The molecule has 1 aromatic rings. The Balaban J connectivity index is 2.66. The average molecular weight is 251 g/mol. The van der Waals surface area contributed by atoms with Crippen molar-refractivity contribution in [1.82, 2.24) is 10.6 Å². The van der Waals surface area contributed by atoms with Crippen LogP contribution < -0.4 is 10.6 Å². The highest BCUT2D eigenvalue weighted by atomic mass is 18.2. The minimum absolute atomic E-state index is 0.0380. The third kappa shape index (κ3) is 4.95. The molecule has 1 atom stereocenters. The van der Waals surface area contributed by atoms with E-state index >= 15 is 0 Å². The highest BCUT2D eigenvalue weighted by molar-refractivity contribution is 5.87. The van der Waals surface area contributed by atoms with Gasteiger partial charge in [-0.2, -0.15) is 0 Å². The summed E-state index contributed by atoms with van der Waals surface area (Å²) in [5.74, 6) is -0.655. The zero-order chi connectivity index (χ0) is 13.4. The Morgan fingerprint density at radius 2 is 1.94 bits per heavy atom. The summed E-state index contributed by atoms with van der Waals surface area (Å²) in [6, 6.07) is 8.67. The summed E-state index contributed by atoms with van der Waals surface area (Å²) in [5, 5.41) is 4.99. The lowest BCUT2D eigenvalue weighted by Gasteiger charge is -2.17. The summed E-state index contributed by atoms with van der Waals surface area (Å²) in [5.41, 5.74) is 0.937. The minimum Gasteiger partial charge on any atom is -0.352 e. The quantitative estimate of drug-likeness (QED) is 0.786. The first-order valence-corrected chi connectivity index (χ1v) is 5.78. The van der Waals surface area contributed by atoms with E-state index in [9.17, 15) is 14.0 Å². The van der Waals surface area contributed by atoms with Gasteiger partial charge in [0.15, 0.2) is 0 Å². The van der Waals surface area contributed by atoms with Gasteiger partial charge in [-0.25, -0.2) is 4.39 Å². The molecule has 0 fully saturated rings. The summed E-state index contributed by atoms with van der Waals surface area (Å²) in [6.45, 7) is 0.688. The normalized spacial score (nSPS) is 11.7. The van der Waals surface area contributed by atoms with Gasteiger partial charge in [0.05, 0.1) is 0 Å². The molecule has 0 heterocycles. The summed E-state index contributed by atoms with van der Waals surface area (Å²) in [7, 11) is 0. The van der Waals surface area contributed by atoms with Crippen LogP contribution in [0.2, 0.25) is 0 Å². The lowest BCUT2D eigenvalue weighted by atomic mass is 10.1. The first-order chi connectivity index (χ1) is 8.63. The molecule has 18 heavy (non-hydrogen) atoms. The van der Waals surface area contributed by atoms with Gasteiger partial charge in [0.25, 0.3) is 0 Å². The van der Waals surface area contributed by atoms with Crippen LogP contribution in [-0.4, -0.2) is 31.1 Å². The molecular formula is C13H17FN2O2. The Bertz CT molecular complexity index is 395. The minimum atomic E-state index is -0.670. The van der Waals surface area contributed by atoms with Crippen molar-refractivity contribution in [3.63, 3.8) is 0 Å². The molecule has 0 aliphatic carbocycles. The van der Waals surface area contributed by atoms with Crippen molar-refractivity contribution in [3.8, 4) is 0 Å². The number of carbonyl (C=O) groups is 2. The van der Waals surface area contributed by atoms with Crippen molar-refractivity contribution >= 4 is 11.8 Å². The molecule has 0 radical (unpaired) electrons. The van der Waals surface area contributed by atoms with Crippen LogP contribution in [0.4, 0.5) is 4.39 Å². The number of hydrogen-bond acceptors (Lipinski definition) is 2. The van der Waals surface area contributed by atoms with Gasteiger partial charge < -0.3 is 10.6 Å². The van der Waals surface area contributed by atoms with E-state index in [1.54, 1.807) is 0 Å². The maximum atomic E-state index is 12.0. The van der Waals surface area contributed by atoms with E-state index < -0.39 is 12.7 Å². The van der Waals surface area contributed by atoms with Gasteiger partial charge in [-0.3, -0.25) is 9.59 Å². The van der Waals surface area contributed by atoms with Crippen molar-refractivity contribution in [2.75, 3.05) is 13.2 Å². The molecule has 0 unspecified atom stereocenters. The predicted molar refractivity (Wildman–Crippen MR) is 66.7 cm³/mol. The highest BCUT2D eigenvalue weighted by Gasteiger charge is 2.19. The number of alkyl halides is 1. The lowest BCUT2D eigenvalue weighted by Crippen LogP contribution is -2.47. The molecule has 0 saturated carbocycles. The third-order valence-electron chi connectivity index (χ3n) is 2.37. The number of rotatable bonds is 6. The summed E-state index contributed by atoms with van der Waals surface area (Å²) in [4.78, 5) is 22.8. The van der Waals surface area contributed by atoms with Gasteiger partial charge >= 0.3 is 0 Å². The number of nitrogens with one attached hydrogen (secondary N) is 2. The molecule has 2 N–H and O–H groups in total. The standard InChI is InChI=1S/C13H17FN2O2/c1-10(17)16-12(13(18)15-8-7-14)9-11-5-3-2-4-6-11/h2-6,12H,7-9H2,1H3,(H,15,18)(H,16,17)/t12-/m0/s1/i14-1. The van der Waals surface area contributed by atoms with Crippen LogP contribution in [0.25, 0.3) is 0 Å². The van der Waals surface area contributed by atoms with Crippen molar-refractivity contribution in [2.24, 2.45) is 0 Å². The largest absolute Gasteiger partial charge is 0.352 e. The van der Waals surface area contributed by atoms with Crippen molar-refractivity contribution in [2.45, 2.75) is 19.4 Å². The zero-order valence-electron chi connectivity index (χ0n) is 10.3. The SMILES string of the molecule is CC(=O)N[C@@H](Cc1ccccc1)C(=O)NCC[18F]. The fourth-order valence-electron chi connectivity index (χ4n) is 1.60. The Labute approximate surface area is 106 Å². The average Bonchev–Trinajstić information content (AvgIpc) is 2.36. The third-order valence-corrected chi connectivity index (χ3v) is 2.37. The smallest absolute Gasteiger partial charge is 0.243 e. The molecule has 1 aromatic carbocycles. The molecular weight excluding hydrogens is 234 g/mol. The molecule has 0 aromatic heterocycles. The molecule has 0 spiro atoms. The fourth-order valence-corrected chi connectivity index (χ4v) is 1.60. The first kappa shape index (κ1) is 14.2. The van der Waals surface area contributed by atoms with E-state index in [1.807, 2.05) is 30.3 Å². The van der Waals surface area contributed by atoms with Crippen LogP contribution in [-0.2, 0) is 16.0 Å². The first-order valence-electron chi connectivity index (χ1n) is 5.78. The lowest BCUT2D eigenvalue weighted by molar-refractivity contribution is -0.128. The van der Waals surface area contributed by atoms with Crippen LogP contribution in [0.15, 0.2) is 30.3 Å². The van der Waals surface area contributed by atoms with Gasteiger partial charge in [0.1, 0.15) is 12.7 Å². The molecule has 2 amide bonds. The summed E-state index contributed by atoms with van der Waals surface area (Å²) in [6.07, 6.45) is 0.387. The van der Waals surface area contributed by atoms with E-state index in [0.29, 0.717) is 6.42 Å². The Hall–Kier alpha value is -1.91. The van der Waals surface area contributed by atoms with Gasteiger partial charge in [0.2, 0.25) is 11.8 Å². The topological polar surface area (TPSA) is 58.2 Å².